The number of carbonyl (C=O) groups is 1. The fourth-order valence-corrected chi connectivity index (χ4v) is 2.98. The van der Waals surface area contributed by atoms with Gasteiger partial charge in [0.05, 0.1) is 6.54 Å². The highest BCUT2D eigenvalue weighted by Crippen LogP contribution is 2.24. The molecule has 0 unspecified atom stereocenters. The fourth-order valence-electron chi connectivity index (χ4n) is 1.54. The average Bonchev–Trinajstić information content (AvgIpc) is 2.72. The molecule has 0 aliphatic heterocycles. The third-order valence-electron chi connectivity index (χ3n) is 2.33. The Bertz CT molecular complexity index is 553. The summed E-state index contributed by atoms with van der Waals surface area (Å²) in [4.78, 5) is 12.2. The molecule has 0 fully saturated rings. The van der Waals surface area contributed by atoms with Crippen molar-refractivity contribution in [2.45, 2.75) is 13.5 Å². The van der Waals surface area contributed by atoms with Crippen molar-refractivity contribution >= 4 is 44.5 Å². The van der Waals surface area contributed by atoms with E-state index >= 15 is 0 Å². The second-order valence-electron chi connectivity index (χ2n) is 3.81. The maximum Gasteiger partial charge on any atom is 0.221 e. The summed E-state index contributed by atoms with van der Waals surface area (Å²) in [5.74, 6) is -0.0619. The summed E-state index contributed by atoms with van der Waals surface area (Å²) in [5, 5.41) is 8.15. The van der Waals surface area contributed by atoms with Crippen LogP contribution in [0.1, 0.15) is 11.8 Å². The van der Waals surface area contributed by atoms with Crippen LogP contribution in [0, 0.1) is 0 Å². The molecule has 0 aliphatic rings. The van der Waals surface area contributed by atoms with Gasteiger partial charge in [0.2, 0.25) is 5.91 Å². The summed E-state index contributed by atoms with van der Waals surface area (Å²) < 4.78 is 1.12. The van der Waals surface area contributed by atoms with E-state index in [1.54, 1.807) is 11.3 Å². The number of halogens is 1. The molecule has 1 amide bonds. The summed E-state index contributed by atoms with van der Waals surface area (Å²) in [6.07, 6.45) is 0. The van der Waals surface area contributed by atoms with Crippen molar-refractivity contribution < 1.29 is 4.79 Å². The molecule has 0 atom stereocenters. The Morgan fingerprint density at radius 3 is 2.78 bits per heavy atom. The maximum absolute atomic E-state index is 11.0. The van der Waals surface area contributed by atoms with Gasteiger partial charge in [-0.25, -0.2) is 0 Å². The van der Waals surface area contributed by atoms with Crippen LogP contribution >= 0.6 is 27.3 Å². The fraction of sp³-hybridized carbons (Fsp3) is 0.154. The van der Waals surface area contributed by atoms with Crippen LogP contribution in [0.25, 0.3) is 0 Å². The van der Waals surface area contributed by atoms with Gasteiger partial charge in [-0.2, -0.15) is 0 Å². The smallest absolute Gasteiger partial charge is 0.221 e. The molecule has 0 saturated carbocycles. The number of hydrogen-bond acceptors (Lipinski definition) is 3. The Morgan fingerprint density at radius 1 is 1.33 bits per heavy atom. The summed E-state index contributed by atoms with van der Waals surface area (Å²) in [7, 11) is 0. The van der Waals surface area contributed by atoms with Crippen molar-refractivity contribution in [3.05, 3.63) is 45.1 Å². The quantitative estimate of drug-likeness (QED) is 0.889. The standard InChI is InChI=1S/C13H13BrN2OS/c1-9(17)16-11-4-2-3-10(7-11)15-8-13-12(14)5-6-18-13/h2-7,15H,8H2,1H3,(H,16,17). The molecule has 2 N–H and O–H groups in total. The molecule has 2 aromatic rings. The molecule has 0 bridgehead atoms. The molecular weight excluding hydrogens is 312 g/mol. The van der Waals surface area contributed by atoms with Crippen LogP contribution < -0.4 is 10.6 Å². The van der Waals surface area contributed by atoms with Crippen LogP contribution in [0.3, 0.4) is 0 Å². The van der Waals surface area contributed by atoms with Gasteiger partial charge in [-0.05, 0) is 45.6 Å². The lowest BCUT2D eigenvalue weighted by molar-refractivity contribution is -0.114. The van der Waals surface area contributed by atoms with Crippen molar-refractivity contribution in [1.29, 1.82) is 0 Å². The highest BCUT2D eigenvalue weighted by Gasteiger charge is 2.02. The molecule has 1 aromatic heterocycles. The molecule has 1 aromatic carbocycles. The van der Waals surface area contributed by atoms with Gasteiger partial charge in [0, 0.05) is 27.6 Å². The maximum atomic E-state index is 11.0. The normalized spacial score (nSPS) is 10.1. The Hall–Kier alpha value is -1.33. The zero-order valence-electron chi connectivity index (χ0n) is 9.87. The first-order valence-corrected chi connectivity index (χ1v) is 7.16. The Labute approximate surface area is 118 Å². The van der Waals surface area contributed by atoms with Gasteiger partial charge in [-0.15, -0.1) is 11.3 Å². The van der Waals surface area contributed by atoms with Crippen LogP contribution in [0.15, 0.2) is 40.2 Å². The highest BCUT2D eigenvalue weighted by atomic mass is 79.9. The van der Waals surface area contributed by atoms with Gasteiger partial charge in [0.25, 0.3) is 0 Å². The third kappa shape index (κ3) is 3.58. The number of benzene rings is 1. The van der Waals surface area contributed by atoms with E-state index in [9.17, 15) is 4.79 Å². The van der Waals surface area contributed by atoms with E-state index in [0.717, 1.165) is 22.4 Å². The van der Waals surface area contributed by atoms with Crippen LogP contribution in [-0.2, 0) is 11.3 Å². The van der Waals surface area contributed by atoms with E-state index in [2.05, 4.69) is 31.9 Å². The van der Waals surface area contributed by atoms with Crippen molar-refractivity contribution in [2.75, 3.05) is 10.6 Å². The molecule has 0 aliphatic carbocycles. The molecule has 0 radical (unpaired) electrons. The minimum absolute atomic E-state index is 0.0619. The van der Waals surface area contributed by atoms with Crippen molar-refractivity contribution in [3.8, 4) is 0 Å². The zero-order chi connectivity index (χ0) is 13.0. The molecule has 1 heterocycles. The van der Waals surface area contributed by atoms with Gasteiger partial charge >= 0.3 is 0 Å². The second kappa shape index (κ2) is 6.02. The Morgan fingerprint density at radius 2 is 2.11 bits per heavy atom. The number of anilines is 2. The molecular formula is C13H13BrN2OS. The number of rotatable bonds is 4. The van der Waals surface area contributed by atoms with Gasteiger partial charge in [0.1, 0.15) is 0 Å². The van der Waals surface area contributed by atoms with Crippen molar-refractivity contribution in [2.24, 2.45) is 0 Å². The lowest BCUT2D eigenvalue weighted by Crippen LogP contribution is -2.06. The van der Waals surface area contributed by atoms with Gasteiger partial charge in [0.15, 0.2) is 0 Å². The number of amides is 1. The summed E-state index contributed by atoms with van der Waals surface area (Å²) in [6, 6.07) is 9.72. The third-order valence-corrected chi connectivity index (χ3v) is 4.25. The predicted octanol–water partition coefficient (Wildman–Crippen LogP) is 4.08. The Balaban J connectivity index is 2.01. The first kappa shape index (κ1) is 13.1. The predicted molar refractivity (Wildman–Crippen MR) is 80.1 cm³/mol. The molecule has 3 nitrogen and oxygen atoms in total. The number of hydrogen-bond donors (Lipinski definition) is 2. The lowest BCUT2D eigenvalue weighted by Gasteiger charge is -2.08. The minimum atomic E-state index is -0.0619. The van der Waals surface area contributed by atoms with E-state index in [1.165, 1.54) is 11.8 Å². The average molecular weight is 325 g/mol. The highest BCUT2D eigenvalue weighted by molar-refractivity contribution is 9.10. The Kier molecular flexibility index (Phi) is 4.38. The molecule has 94 valence electrons. The molecule has 2 rings (SSSR count). The summed E-state index contributed by atoms with van der Waals surface area (Å²) in [6.45, 7) is 2.27. The second-order valence-corrected chi connectivity index (χ2v) is 5.66. The van der Waals surface area contributed by atoms with Crippen LogP contribution in [0.5, 0.6) is 0 Å². The van der Waals surface area contributed by atoms with Gasteiger partial charge < -0.3 is 10.6 Å². The minimum Gasteiger partial charge on any atom is -0.380 e. The molecule has 0 spiro atoms. The van der Waals surface area contributed by atoms with Gasteiger partial charge in [-0.3, -0.25) is 4.79 Å². The van der Waals surface area contributed by atoms with Crippen LogP contribution in [0.2, 0.25) is 0 Å². The van der Waals surface area contributed by atoms with E-state index in [0.29, 0.717) is 0 Å². The topological polar surface area (TPSA) is 41.1 Å². The first-order chi connectivity index (χ1) is 8.65. The van der Waals surface area contributed by atoms with E-state index < -0.39 is 0 Å². The van der Waals surface area contributed by atoms with Crippen molar-refractivity contribution in [1.82, 2.24) is 0 Å². The van der Waals surface area contributed by atoms with E-state index in [1.807, 2.05) is 30.3 Å². The molecule has 5 heteroatoms. The number of carbonyl (C=O) groups excluding carboxylic acids is 1. The summed E-state index contributed by atoms with van der Waals surface area (Å²) in [5.41, 5.74) is 1.79. The van der Waals surface area contributed by atoms with Gasteiger partial charge in [-0.1, -0.05) is 6.07 Å². The summed E-state index contributed by atoms with van der Waals surface area (Å²) >= 11 is 5.20. The number of nitrogens with one attached hydrogen (secondary N) is 2. The molecule has 18 heavy (non-hydrogen) atoms. The van der Waals surface area contributed by atoms with E-state index in [4.69, 9.17) is 0 Å². The van der Waals surface area contributed by atoms with Crippen LogP contribution in [0.4, 0.5) is 11.4 Å². The lowest BCUT2D eigenvalue weighted by atomic mass is 10.2. The number of thiophene rings is 1. The SMILES string of the molecule is CC(=O)Nc1cccc(NCc2sccc2Br)c1. The van der Waals surface area contributed by atoms with E-state index in [-0.39, 0.29) is 5.91 Å². The van der Waals surface area contributed by atoms with Crippen LogP contribution in [-0.4, -0.2) is 5.91 Å². The largest absolute Gasteiger partial charge is 0.380 e. The first-order valence-electron chi connectivity index (χ1n) is 5.48. The van der Waals surface area contributed by atoms with Crippen molar-refractivity contribution in [3.63, 3.8) is 0 Å². The zero-order valence-corrected chi connectivity index (χ0v) is 12.3. The monoisotopic (exact) mass is 324 g/mol. The molecule has 0 saturated heterocycles.